The maximum absolute atomic E-state index is 11.5. The largest absolute Gasteiger partial charge is 0.496 e. The monoisotopic (exact) mass is 341 g/mol. The van der Waals surface area contributed by atoms with E-state index in [4.69, 9.17) is 9.31 Å². The average Bonchev–Trinajstić information content (AvgIpc) is 2.57. The van der Waals surface area contributed by atoms with Gasteiger partial charge in [-0.05, 0) is 49.7 Å². The second-order valence-corrected chi connectivity index (χ2v) is 6.53. The number of rotatable bonds is 2. The van der Waals surface area contributed by atoms with Gasteiger partial charge < -0.3 is 14.0 Å². The van der Waals surface area contributed by atoms with Crippen molar-refractivity contribution < 1.29 is 18.8 Å². The van der Waals surface area contributed by atoms with Crippen LogP contribution in [0.1, 0.15) is 38.2 Å². The fraction of sp³-hybridized carbons (Fsp3) is 0.538. The molecule has 108 valence electrons. The van der Waals surface area contributed by atoms with E-state index in [2.05, 4.69) is 25.7 Å². The lowest BCUT2D eigenvalue weighted by Crippen LogP contribution is -2.41. The van der Waals surface area contributed by atoms with Gasteiger partial charge in [-0.3, -0.25) is 0 Å². The van der Waals surface area contributed by atoms with Crippen LogP contribution in [0, 0.1) is 0 Å². The van der Waals surface area contributed by atoms with Crippen molar-refractivity contribution in [2.24, 2.45) is 0 Å². The van der Waals surface area contributed by atoms with Gasteiger partial charge in [-0.2, -0.15) is 0 Å². The zero-order chi connectivity index (χ0) is 15.1. The summed E-state index contributed by atoms with van der Waals surface area (Å²) in [7, 11) is 0.814. The maximum Gasteiger partial charge on any atom is 0.496 e. The lowest BCUT2D eigenvalue weighted by molar-refractivity contribution is 0.00578. The molecule has 0 bridgehead atoms. The molecule has 7 heteroatoms. The number of halogens is 1. The van der Waals surface area contributed by atoms with E-state index in [-0.39, 0.29) is 5.69 Å². The first-order valence-corrected chi connectivity index (χ1v) is 7.06. The van der Waals surface area contributed by atoms with Gasteiger partial charge in [0.15, 0.2) is 5.69 Å². The molecule has 0 amide bonds. The van der Waals surface area contributed by atoms with Crippen LogP contribution in [-0.4, -0.2) is 36.4 Å². The van der Waals surface area contributed by atoms with Gasteiger partial charge in [-0.1, -0.05) is 0 Å². The molecule has 0 aromatic carbocycles. The van der Waals surface area contributed by atoms with Gasteiger partial charge in [-0.25, -0.2) is 9.78 Å². The standard InChI is InChI=1S/C13H17BBrNO4/c1-12(2)13(3,4)20-14(19-12)8-6-9(15)10(16-7-8)11(17)18-5/h6-7H,1-5H3. The Morgan fingerprint density at radius 1 is 1.30 bits per heavy atom. The summed E-state index contributed by atoms with van der Waals surface area (Å²) in [6, 6.07) is 1.77. The molecule has 0 spiro atoms. The first kappa shape index (κ1) is 15.5. The third-order valence-electron chi connectivity index (χ3n) is 3.77. The van der Waals surface area contributed by atoms with Crippen molar-refractivity contribution in [3.8, 4) is 0 Å². The highest BCUT2D eigenvalue weighted by molar-refractivity contribution is 9.10. The van der Waals surface area contributed by atoms with Crippen LogP contribution in [0.5, 0.6) is 0 Å². The van der Waals surface area contributed by atoms with Crippen LogP contribution in [0.3, 0.4) is 0 Å². The Morgan fingerprint density at radius 2 is 1.85 bits per heavy atom. The Hall–Kier alpha value is -0.915. The number of hydrogen-bond donors (Lipinski definition) is 0. The fourth-order valence-electron chi connectivity index (χ4n) is 1.81. The highest BCUT2D eigenvalue weighted by atomic mass is 79.9. The van der Waals surface area contributed by atoms with Crippen molar-refractivity contribution in [3.05, 3.63) is 22.4 Å². The zero-order valence-corrected chi connectivity index (χ0v) is 13.8. The van der Waals surface area contributed by atoms with E-state index in [1.54, 1.807) is 12.3 Å². The molecule has 20 heavy (non-hydrogen) atoms. The summed E-state index contributed by atoms with van der Waals surface area (Å²) in [6.07, 6.45) is 1.57. The molecule has 1 aromatic rings. The molecule has 2 rings (SSSR count). The molecule has 0 unspecified atom stereocenters. The van der Waals surface area contributed by atoms with Crippen LogP contribution in [0.25, 0.3) is 0 Å². The molecule has 0 N–H and O–H groups in total. The van der Waals surface area contributed by atoms with Crippen molar-refractivity contribution in [1.82, 2.24) is 4.98 Å². The second kappa shape index (κ2) is 5.13. The van der Waals surface area contributed by atoms with Gasteiger partial charge in [0.2, 0.25) is 0 Å². The number of methoxy groups -OCH3 is 1. The number of ether oxygens (including phenoxy) is 1. The molecule has 0 atom stereocenters. The summed E-state index contributed by atoms with van der Waals surface area (Å²) in [6.45, 7) is 7.94. The van der Waals surface area contributed by atoms with Gasteiger partial charge in [0, 0.05) is 11.7 Å². The van der Waals surface area contributed by atoms with E-state index in [1.807, 2.05) is 27.7 Å². The molecular formula is C13H17BBrNO4. The van der Waals surface area contributed by atoms with E-state index in [0.29, 0.717) is 4.47 Å². The molecule has 5 nitrogen and oxygen atoms in total. The fourth-order valence-corrected chi connectivity index (χ4v) is 2.34. The predicted octanol–water partition coefficient (Wildman–Crippen LogP) is 1.93. The highest BCUT2D eigenvalue weighted by Crippen LogP contribution is 2.36. The first-order chi connectivity index (χ1) is 9.18. The van der Waals surface area contributed by atoms with Gasteiger partial charge in [0.05, 0.1) is 22.8 Å². The third-order valence-corrected chi connectivity index (χ3v) is 4.37. The molecule has 1 aliphatic rings. The highest BCUT2D eigenvalue weighted by Gasteiger charge is 2.51. The Bertz CT molecular complexity index is 531. The van der Waals surface area contributed by atoms with Crippen molar-refractivity contribution in [1.29, 1.82) is 0 Å². The Morgan fingerprint density at radius 3 is 2.30 bits per heavy atom. The summed E-state index contributed by atoms with van der Waals surface area (Å²) < 4.78 is 17.1. The quantitative estimate of drug-likeness (QED) is 0.607. The summed E-state index contributed by atoms with van der Waals surface area (Å²) in [5.41, 5.74) is 0.159. The predicted molar refractivity (Wildman–Crippen MR) is 79.0 cm³/mol. The van der Waals surface area contributed by atoms with E-state index in [0.717, 1.165) is 5.46 Å². The smallest absolute Gasteiger partial charge is 0.464 e. The minimum atomic E-state index is -0.504. The SMILES string of the molecule is COC(=O)c1ncc(B2OC(C)(C)C(C)(C)O2)cc1Br. The number of nitrogens with zero attached hydrogens (tertiary/aromatic N) is 1. The number of pyridine rings is 1. The lowest BCUT2D eigenvalue weighted by atomic mass is 9.80. The first-order valence-electron chi connectivity index (χ1n) is 6.27. The number of carbonyl (C=O) groups is 1. The van der Waals surface area contributed by atoms with Crippen LogP contribution in [0.2, 0.25) is 0 Å². The molecular weight excluding hydrogens is 325 g/mol. The second-order valence-electron chi connectivity index (χ2n) is 5.68. The van der Waals surface area contributed by atoms with E-state index < -0.39 is 24.3 Å². The van der Waals surface area contributed by atoms with Crippen molar-refractivity contribution >= 4 is 34.5 Å². The molecule has 2 heterocycles. The van der Waals surface area contributed by atoms with E-state index >= 15 is 0 Å². The summed E-state index contributed by atoms with van der Waals surface area (Å²) >= 11 is 3.32. The normalized spacial score (nSPS) is 20.0. The Kier molecular flexibility index (Phi) is 3.97. The van der Waals surface area contributed by atoms with Gasteiger partial charge in [0.1, 0.15) is 0 Å². The molecule has 1 aliphatic heterocycles. The molecule has 0 radical (unpaired) electrons. The molecule has 0 saturated carbocycles. The number of aromatic nitrogens is 1. The van der Waals surface area contributed by atoms with Crippen LogP contribution in [-0.2, 0) is 14.0 Å². The maximum atomic E-state index is 11.5. The molecule has 1 saturated heterocycles. The van der Waals surface area contributed by atoms with E-state index in [1.165, 1.54) is 7.11 Å². The van der Waals surface area contributed by atoms with Crippen LogP contribution < -0.4 is 5.46 Å². The van der Waals surface area contributed by atoms with Gasteiger partial charge in [-0.15, -0.1) is 0 Å². The summed E-state index contributed by atoms with van der Waals surface area (Å²) in [4.78, 5) is 15.6. The molecule has 1 aromatic heterocycles. The average molecular weight is 342 g/mol. The van der Waals surface area contributed by atoms with Crippen molar-refractivity contribution in [2.45, 2.75) is 38.9 Å². The molecule has 0 aliphatic carbocycles. The van der Waals surface area contributed by atoms with Crippen LogP contribution in [0.4, 0.5) is 0 Å². The third kappa shape index (κ3) is 2.62. The van der Waals surface area contributed by atoms with Crippen LogP contribution in [0.15, 0.2) is 16.7 Å². The van der Waals surface area contributed by atoms with Crippen LogP contribution >= 0.6 is 15.9 Å². The van der Waals surface area contributed by atoms with Gasteiger partial charge in [0.25, 0.3) is 0 Å². The van der Waals surface area contributed by atoms with Gasteiger partial charge >= 0.3 is 13.1 Å². The number of hydrogen-bond acceptors (Lipinski definition) is 5. The lowest BCUT2D eigenvalue weighted by Gasteiger charge is -2.32. The minimum absolute atomic E-state index is 0.229. The number of carbonyl (C=O) groups excluding carboxylic acids is 1. The topological polar surface area (TPSA) is 57.7 Å². The van der Waals surface area contributed by atoms with Crippen molar-refractivity contribution in [3.63, 3.8) is 0 Å². The molecule has 1 fully saturated rings. The Balaban J connectivity index is 2.28. The summed E-state index contributed by atoms with van der Waals surface area (Å²) in [5.74, 6) is -0.489. The minimum Gasteiger partial charge on any atom is -0.464 e. The van der Waals surface area contributed by atoms with Crippen molar-refractivity contribution in [2.75, 3.05) is 7.11 Å². The zero-order valence-electron chi connectivity index (χ0n) is 12.2. The van der Waals surface area contributed by atoms with E-state index in [9.17, 15) is 4.79 Å². The summed E-state index contributed by atoms with van der Waals surface area (Å²) in [5, 5.41) is 0. The number of esters is 1. The Labute approximate surface area is 127 Å².